The SMILES string of the molecule is NCC(Cc1cccc(Cl)c1)c1ccc2c(c1)CCCC2. The van der Waals surface area contributed by atoms with Gasteiger partial charge in [-0.2, -0.15) is 0 Å². The second-order valence-corrected chi connectivity index (χ2v) is 6.44. The summed E-state index contributed by atoms with van der Waals surface area (Å²) >= 11 is 6.08. The van der Waals surface area contributed by atoms with E-state index in [-0.39, 0.29) is 0 Å². The summed E-state index contributed by atoms with van der Waals surface area (Å²) in [5, 5.41) is 0.800. The molecule has 0 heterocycles. The first-order chi connectivity index (χ1) is 10.3. The molecule has 0 aromatic heterocycles. The van der Waals surface area contributed by atoms with Crippen LogP contribution in [0.2, 0.25) is 5.02 Å². The standard InChI is InChI=1S/C19H22ClN/c20-19-7-3-4-14(11-19)10-18(13-21)17-9-8-15-5-1-2-6-16(15)12-17/h3-4,7-9,11-12,18H,1-2,5-6,10,13,21H2. The van der Waals surface area contributed by atoms with Crippen LogP contribution in [0.5, 0.6) is 0 Å². The predicted octanol–water partition coefficient (Wildman–Crippen LogP) is 4.50. The van der Waals surface area contributed by atoms with Gasteiger partial charge in [-0.15, -0.1) is 0 Å². The molecule has 0 fully saturated rings. The Morgan fingerprint density at radius 2 is 1.81 bits per heavy atom. The van der Waals surface area contributed by atoms with Crippen LogP contribution in [0.15, 0.2) is 42.5 Å². The molecule has 1 atom stereocenters. The lowest BCUT2D eigenvalue weighted by atomic mass is 9.85. The monoisotopic (exact) mass is 299 g/mol. The van der Waals surface area contributed by atoms with Crippen molar-refractivity contribution in [2.75, 3.05) is 6.54 Å². The molecule has 3 rings (SSSR count). The van der Waals surface area contributed by atoms with Crippen molar-refractivity contribution in [3.8, 4) is 0 Å². The quantitative estimate of drug-likeness (QED) is 0.883. The fourth-order valence-electron chi connectivity index (χ4n) is 3.29. The van der Waals surface area contributed by atoms with Gasteiger partial charge >= 0.3 is 0 Å². The highest BCUT2D eigenvalue weighted by molar-refractivity contribution is 6.30. The Morgan fingerprint density at radius 1 is 1.00 bits per heavy atom. The molecule has 2 aromatic carbocycles. The summed E-state index contributed by atoms with van der Waals surface area (Å²) in [5.41, 5.74) is 11.7. The van der Waals surface area contributed by atoms with Crippen molar-refractivity contribution < 1.29 is 0 Å². The maximum atomic E-state index is 6.08. The van der Waals surface area contributed by atoms with E-state index >= 15 is 0 Å². The molecule has 1 unspecified atom stereocenters. The van der Waals surface area contributed by atoms with Crippen LogP contribution in [0.4, 0.5) is 0 Å². The van der Waals surface area contributed by atoms with Crippen molar-refractivity contribution in [3.05, 3.63) is 69.7 Å². The van der Waals surface area contributed by atoms with Crippen LogP contribution in [-0.2, 0) is 19.3 Å². The number of halogens is 1. The molecule has 1 nitrogen and oxygen atoms in total. The largest absolute Gasteiger partial charge is 0.330 e. The van der Waals surface area contributed by atoms with E-state index in [2.05, 4.69) is 24.3 Å². The molecular formula is C19H22ClN. The van der Waals surface area contributed by atoms with Gasteiger partial charge in [0.2, 0.25) is 0 Å². The maximum Gasteiger partial charge on any atom is 0.0408 e. The lowest BCUT2D eigenvalue weighted by molar-refractivity contribution is 0.668. The third-order valence-electron chi connectivity index (χ3n) is 4.50. The summed E-state index contributed by atoms with van der Waals surface area (Å²) < 4.78 is 0. The topological polar surface area (TPSA) is 26.0 Å². The van der Waals surface area contributed by atoms with Crippen LogP contribution in [0.3, 0.4) is 0 Å². The molecule has 2 heteroatoms. The highest BCUT2D eigenvalue weighted by Gasteiger charge is 2.15. The normalized spacial score (nSPS) is 15.5. The Kier molecular flexibility index (Phi) is 4.62. The van der Waals surface area contributed by atoms with Crippen LogP contribution in [0.25, 0.3) is 0 Å². The van der Waals surface area contributed by atoms with Gasteiger partial charge in [-0.25, -0.2) is 0 Å². The summed E-state index contributed by atoms with van der Waals surface area (Å²) in [6.07, 6.45) is 6.05. The van der Waals surface area contributed by atoms with Crippen molar-refractivity contribution in [1.82, 2.24) is 0 Å². The lowest BCUT2D eigenvalue weighted by Gasteiger charge is -2.21. The van der Waals surface area contributed by atoms with E-state index in [0.29, 0.717) is 12.5 Å². The Labute approximate surface area is 132 Å². The minimum absolute atomic E-state index is 0.371. The lowest BCUT2D eigenvalue weighted by Crippen LogP contribution is -2.16. The third kappa shape index (κ3) is 3.48. The first-order valence-electron chi connectivity index (χ1n) is 7.82. The summed E-state index contributed by atoms with van der Waals surface area (Å²) in [7, 11) is 0. The van der Waals surface area contributed by atoms with Crippen molar-refractivity contribution in [2.24, 2.45) is 5.73 Å². The smallest absolute Gasteiger partial charge is 0.0408 e. The van der Waals surface area contributed by atoms with Crippen molar-refractivity contribution >= 4 is 11.6 Å². The fourth-order valence-corrected chi connectivity index (χ4v) is 3.51. The molecule has 0 radical (unpaired) electrons. The molecule has 0 spiro atoms. The molecule has 0 saturated heterocycles. The van der Waals surface area contributed by atoms with Gasteiger partial charge in [0.05, 0.1) is 0 Å². The van der Waals surface area contributed by atoms with Gasteiger partial charge < -0.3 is 5.73 Å². The van der Waals surface area contributed by atoms with E-state index in [1.54, 1.807) is 0 Å². The van der Waals surface area contributed by atoms with E-state index in [9.17, 15) is 0 Å². The van der Waals surface area contributed by atoms with Gasteiger partial charge in [0.25, 0.3) is 0 Å². The van der Waals surface area contributed by atoms with Crippen LogP contribution in [0.1, 0.15) is 41.0 Å². The average Bonchev–Trinajstić information content (AvgIpc) is 2.52. The van der Waals surface area contributed by atoms with Crippen LogP contribution >= 0.6 is 11.6 Å². The number of rotatable bonds is 4. The molecule has 0 aliphatic heterocycles. The number of hydrogen-bond acceptors (Lipinski definition) is 1. The zero-order chi connectivity index (χ0) is 14.7. The molecule has 0 bridgehead atoms. The second-order valence-electron chi connectivity index (χ2n) is 6.00. The molecule has 110 valence electrons. The van der Waals surface area contributed by atoms with Crippen molar-refractivity contribution in [3.63, 3.8) is 0 Å². The molecule has 2 N–H and O–H groups in total. The number of hydrogen-bond donors (Lipinski definition) is 1. The van der Waals surface area contributed by atoms with Crippen LogP contribution in [-0.4, -0.2) is 6.54 Å². The molecule has 1 aliphatic carbocycles. The Balaban J connectivity index is 1.82. The Hall–Kier alpha value is -1.31. The zero-order valence-corrected chi connectivity index (χ0v) is 13.1. The fraction of sp³-hybridized carbons (Fsp3) is 0.368. The molecule has 0 amide bonds. The summed E-state index contributed by atoms with van der Waals surface area (Å²) in [6.45, 7) is 0.672. The van der Waals surface area contributed by atoms with Crippen LogP contribution in [0, 0.1) is 0 Å². The van der Waals surface area contributed by atoms with E-state index < -0.39 is 0 Å². The average molecular weight is 300 g/mol. The molecular weight excluding hydrogens is 278 g/mol. The van der Waals surface area contributed by atoms with Gasteiger partial charge in [0, 0.05) is 10.9 Å². The van der Waals surface area contributed by atoms with E-state index in [1.807, 2.05) is 18.2 Å². The van der Waals surface area contributed by atoms with E-state index in [1.165, 1.54) is 47.9 Å². The van der Waals surface area contributed by atoms with Crippen molar-refractivity contribution in [2.45, 2.75) is 38.0 Å². The van der Waals surface area contributed by atoms with Crippen molar-refractivity contribution in [1.29, 1.82) is 0 Å². The highest BCUT2D eigenvalue weighted by Crippen LogP contribution is 2.27. The van der Waals surface area contributed by atoms with Gasteiger partial charge in [0.1, 0.15) is 0 Å². The third-order valence-corrected chi connectivity index (χ3v) is 4.73. The Bertz CT molecular complexity index is 621. The van der Waals surface area contributed by atoms with Gasteiger partial charge in [-0.3, -0.25) is 0 Å². The summed E-state index contributed by atoms with van der Waals surface area (Å²) in [5.74, 6) is 0.371. The zero-order valence-electron chi connectivity index (χ0n) is 12.3. The van der Waals surface area contributed by atoms with E-state index in [4.69, 9.17) is 17.3 Å². The molecule has 1 aliphatic rings. The molecule has 0 saturated carbocycles. The van der Waals surface area contributed by atoms with Crippen LogP contribution < -0.4 is 5.73 Å². The van der Waals surface area contributed by atoms with Gasteiger partial charge in [-0.05, 0) is 73.0 Å². The highest BCUT2D eigenvalue weighted by atomic mass is 35.5. The Morgan fingerprint density at radius 3 is 2.57 bits per heavy atom. The van der Waals surface area contributed by atoms with Gasteiger partial charge in [0.15, 0.2) is 0 Å². The predicted molar refractivity (Wildman–Crippen MR) is 90.0 cm³/mol. The van der Waals surface area contributed by atoms with Gasteiger partial charge in [-0.1, -0.05) is 41.9 Å². The molecule has 21 heavy (non-hydrogen) atoms. The summed E-state index contributed by atoms with van der Waals surface area (Å²) in [6, 6.07) is 15.1. The summed E-state index contributed by atoms with van der Waals surface area (Å²) in [4.78, 5) is 0. The number of benzene rings is 2. The minimum Gasteiger partial charge on any atom is -0.330 e. The van der Waals surface area contributed by atoms with E-state index in [0.717, 1.165) is 11.4 Å². The maximum absolute atomic E-state index is 6.08. The minimum atomic E-state index is 0.371. The first kappa shape index (κ1) is 14.6. The number of aryl methyl sites for hydroxylation is 2. The number of nitrogens with two attached hydrogens (primary N) is 1. The molecule has 2 aromatic rings. The first-order valence-corrected chi connectivity index (χ1v) is 8.20. The second kappa shape index (κ2) is 6.64. The number of fused-ring (bicyclic) bond motifs is 1.